The van der Waals surface area contributed by atoms with Crippen LogP contribution in [0, 0.1) is 0 Å². The lowest BCUT2D eigenvalue weighted by Crippen LogP contribution is -2.37. The molecule has 0 saturated heterocycles. The van der Waals surface area contributed by atoms with Crippen molar-refractivity contribution in [2.75, 3.05) is 18.6 Å². The van der Waals surface area contributed by atoms with Crippen molar-refractivity contribution in [2.24, 2.45) is 0 Å². The van der Waals surface area contributed by atoms with Gasteiger partial charge in [-0.1, -0.05) is 24.3 Å². The molecule has 0 aliphatic heterocycles. The van der Waals surface area contributed by atoms with Gasteiger partial charge in [-0.25, -0.2) is 0 Å². The fourth-order valence-corrected chi connectivity index (χ4v) is 2.20. The van der Waals surface area contributed by atoms with Crippen LogP contribution >= 0.6 is 0 Å². The molecular formula is C17H21NO2. The third-order valence-corrected chi connectivity index (χ3v) is 3.22. The summed E-state index contributed by atoms with van der Waals surface area (Å²) in [4.78, 5) is 2.21. The Morgan fingerprint density at radius 1 is 1.00 bits per heavy atom. The summed E-state index contributed by atoms with van der Waals surface area (Å²) in [5, 5.41) is 0. The van der Waals surface area contributed by atoms with E-state index in [1.807, 2.05) is 42.5 Å². The van der Waals surface area contributed by atoms with Crippen LogP contribution in [0.25, 0.3) is 0 Å². The monoisotopic (exact) mass is 271 g/mol. The fraction of sp³-hybridized carbons (Fsp3) is 0.294. The van der Waals surface area contributed by atoms with Crippen LogP contribution in [0.3, 0.4) is 0 Å². The van der Waals surface area contributed by atoms with Crippen molar-refractivity contribution in [1.29, 1.82) is 0 Å². The molecule has 20 heavy (non-hydrogen) atoms. The van der Waals surface area contributed by atoms with Gasteiger partial charge in [0.25, 0.3) is 0 Å². The van der Waals surface area contributed by atoms with Gasteiger partial charge >= 0.3 is 0 Å². The molecule has 2 aromatic carbocycles. The molecule has 0 aliphatic carbocycles. The number of para-hydroxylation sites is 1. The van der Waals surface area contributed by atoms with Crippen LogP contribution in [-0.2, 0) is 0 Å². The van der Waals surface area contributed by atoms with Crippen LogP contribution in [0.5, 0.6) is 11.5 Å². The van der Waals surface area contributed by atoms with Gasteiger partial charge in [-0.2, -0.15) is 0 Å². The first-order chi connectivity index (χ1) is 9.74. The summed E-state index contributed by atoms with van der Waals surface area (Å²) < 4.78 is 11.2. The van der Waals surface area contributed by atoms with Crippen LogP contribution in [-0.4, -0.2) is 19.9 Å². The van der Waals surface area contributed by atoms with E-state index in [4.69, 9.17) is 9.47 Å². The molecule has 0 aromatic heterocycles. The summed E-state index contributed by atoms with van der Waals surface area (Å²) in [6.07, 6.45) is -0.0468. The van der Waals surface area contributed by atoms with Crippen molar-refractivity contribution in [3.05, 3.63) is 54.6 Å². The third-order valence-electron chi connectivity index (χ3n) is 3.22. The number of rotatable bonds is 6. The molecule has 0 fully saturated rings. The highest BCUT2D eigenvalue weighted by Gasteiger charge is 2.14. The summed E-state index contributed by atoms with van der Waals surface area (Å²) in [5.74, 6) is 1.61. The van der Waals surface area contributed by atoms with Crippen LogP contribution in [0.4, 0.5) is 5.69 Å². The zero-order valence-corrected chi connectivity index (χ0v) is 12.2. The number of hydrogen-bond acceptors (Lipinski definition) is 3. The molecule has 0 bridgehead atoms. The lowest BCUT2D eigenvalue weighted by molar-refractivity contribution is 0.215. The van der Waals surface area contributed by atoms with Gasteiger partial charge in [-0.15, -0.1) is 0 Å². The first-order valence-corrected chi connectivity index (χ1v) is 6.87. The Bertz CT molecular complexity index is 528. The summed E-state index contributed by atoms with van der Waals surface area (Å²) in [6.45, 7) is 5.06. The largest absolute Gasteiger partial charge is 0.497 e. The van der Waals surface area contributed by atoms with Crippen molar-refractivity contribution in [3.63, 3.8) is 0 Å². The molecule has 0 heterocycles. The Kier molecular flexibility index (Phi) is 4.88. The van der Waals surface area contributed by atoms with Crippen LogP contribution in [0.2, 0.25) is 0 Å². The smallest absolute Gasteiger partial charge is 0.169 e. The average molecular weight is 271 g/mol. The van der Waals surface area contributed by atoms with Gasteiger partial charge in [-0.3, -0.25) is 0 Å². The Morgan fingerprint density at radius 3 is 2.35 bits per heavy atom. The van der Waals surface area contributed by atoms with Crippen molar-refractivity contribution in [2.45, 2.75) is 20.1 Å². The van der Waals surface area contributed by atoms with Gasteiger partial charge < -0.3 is 14.4 Å². The number of hydrogen-bond donors (Lipinski definition) is 0. The Labute approximate surface area is 120 Å². The first kappa shape index (κ1) is 14.3. The highest BCUT2D eigenvalue weighted by atomic mass is 16.5. The lowest BCUT2D eigenvalue weighted by Gasteiger charge is -2.30. The zero-order valence-electron chi connectivity index (χ0n) is 12.2. The number of nitrogens with zero attached hydrogens (tertiary/aromatic N) is 1. The van der Waals surface area contributed by atoms with E-state index in [1.165, 1.54) is 0 Å². The van der Waals surface area contributed by atoms with E-state index in [9.17, 15) is 0 Å². The average Bonchev–Trinajstić information content (AvgIpc) is 2.49. The molecule has 0 spiro atoms. The van der Waals surface area contributed by atoms with Gasteiger partial charge in [-0.05, 0) is 38.1 Å². The second-order valence-electron chi connectivity index (χ2n) is 4.52. The normalized spacial score (nSPS) is 11.8. The Hall–Kier alpha value is -2.16. The lowest BCUT2D eigenvalue weighted by atomic mass is 10.3. The van der Waals surface area contributed by atoms with E-state index in [0.29, 0.717) is 0 Å². The number of ether oxygens (including phenoxy) is 2. The predicted octanol–water partition coefficient (Wildman–Crippen LogP) is 3.95. The molecule has 0 radical (unpaired) electrons. The van der Waals surface area contributed by atoms with E-state index < -0.39 is 0 Å². The van der Waals surface area contributed by atoms with E-state index >= 15 is 0 Å². The molecule has 3 heteroatoms. The summed E-state index contributed by atoms with van der Waals surface area (Å²) in [5.41, 5.74) is 1.16. The van der Waals surface area contributed by atoms with Gasteiger partial charge in [0, 0.05) is 18.3 Å². The molecular weight excluding hydrogens is 250 g/mol. The maximum Gasteiger partial charge on any atom is 0.169 e. The topological polar surface area (TPSA) is 21.7 Å². The number of benzene rings is 2. The number of anilines is 1. The molecule has 0 N–H and O–H groups in total. The fourth-order valence-electron chi connectivity index (χ4n) is 2.20. The SMILES string of the molecule is CCN(c1ccccc1)C(C)Oc1cccc(OC)c1. The van der Waals surface area contributed by atoms with Gasteiger partial charge in [0.15, 0.2) is 6.23 Å². The van der Waals surface area contributed by atoms with Crippen molar-refractivity contribution >= 4 is 5.69 Å². The summed E-state index contributed by atoms with van der Waals surface area (Å²) in [7, 11) is 1.66. The maximum absolute atomic E-state index is 6.01. The second-order valence-corrected chi connectivity index (χ2v) is 4.52. The predicted molar refractivity (Wildman–Crippen MR) is 82.5 cm³/mol. The molecule has 0 aliphatic rings. The highest BCUT2D eigenvalue weighted by Crippen LogP contribution is 2.23. The standard InChI is InChI=1S/C17H21NO2/c1-4-18(15-9-6-5-7-10-15)14(2)20-17-12-8-11-16(13-17)19-3/h5-14H,4H2,1-3H3. The summed E-state index contributed by atoms with van der Waals surface area (Å²) in [6, 6.07) is 18.0. The van der Waals surface area contributed by atoms with Crippen molar-refractivity contribution < 1.29 is 9.47 Å². The van der Waals surface area contributed by atoms with Crippen LogP contribution < -0.4 is 14.4 Å². The van der Waals surface area contributed by atoms with E-state index in [2.05, 4.69) is 30.9 Å². The molecule has 0 saturated carbocycles. The first-order valence-electron chi connectivity index (χ1n) is 6.87. The van der Waals surface area contributed by atoms with Gasteiger partial charge in [0.2, 0.25) is 0 Å². The van der Waals surface area contributed by atoms with Crippen LogP contribution in [0.1, 0.15) is 13.8 Å². The maximum atomic E-state index is 6.01. The highest BCUT2D eigenvalue weighted by molar-refractivity contribution is 5.46. The van der Waals surface area contributed by atoms with E-state index in [1.54, 1.807) is 7.11 Å². The minimum Gasteiger partial charge on any atom is -0.497 e. The molecule has 3 nitrogen and oxygen atoms in total. The molecule has 2 aromatic rings. The molecule has 2 rings (SSSR count). The second kappa shape index (κ2) is 6.85. The molecule has 1 atom stereocenters. The van der Waals surface area contributed by atoms with Gasteiger partial charge in [0.05, 0.1) is 7.11 Å². The minimum absolute atomic E-state index is 0.0468. The summed E-state index contributed by atoms with van der Waals surface area (Å²) >= 11 is 0. The Morgan fingerprint density at radius 2 is 1.70 bits per heavy atom. The van der Waals surface area contributed by atoms with Crippen LogP contribution in [0.15, 0.2) is 54.6 Å². The van der Waals surface area contributed by atoms with Crippen molar-refractivity contribution in [3.8, 4) is 11.5 Å². The molecule has 1 unspecified atom stereocenters. The molecule has 0 amide bonds. The van der Waals surface area contributed by atoms with Crippen molar-refractivity contribution in [1.82, 2.24) is 0 Å². The zero-order chi connectivity index (χ0) is 14.4. The number of methoxy groups -OCH3 is 1. The Balaban J connectivity index is 2.11. The minimum atomic E-state index is -0.0468. The third kappa shape index (κ3) is 3.44. The van der Waals surface area contributed by atoms with E-state index in [0.717, 1.165) is 23.7 Å². The molecule has 106 valence electrons. The van der Waals surface area contributed by atoms with E-state index in [-0.39, 0.29) is 6.23 Å². The quantitative estimate of drug-likeness (QED) is 0.743. The van der Waals surface area contributed by atoms with Gasteiger partial charge in [0.1, 0.15) is 11.5 Å².